The molecule has 1 aliphatic carbocycles. The Morgan fingerprint density at radius 1 is 1.19 bits per heavy atom. The lowest BCUT2D eigenvalue weighted by Crippen LogP contribution is -2.20. The highest BCUT2D eigenvalue weighted by molar-refractivity contribution is 6.30. The van der Waals surface area contributed by atoms with Crippen LogP contribution in [0.15, 0.2) is 36.7 Å². The van der Waals surface area contributed by atoms with E-state index in [9.17, 15) is 0 Å². The number of nitrogens with one attached hydrogen (secondary N) is 1. The third-order valence-corrected chi connectivity index (χ3v) is 4.54. The Hall–Kier alpha value is -1.25. The van der Waals surface area contributed by atoms with Gasteiger partial charge in [0.1, 0.15) is 0 Å². The van der Waals surface area contributed by atoms with E-state index in [-0.39, 0.29) is 0 Å². The van der Waals surface area contributed by atoms with Crippen molar-refractivity contribution in [3.8, 4) is 0 Å². The van der Waals surface area contributed by atoms with Crippen molar-refractivity contribution >= 4 is 11.6 Å². The van der Waals surface area contributed by atoms with Crippen LogP contribution in [0.3, 0.4) is 0 Å². The van der Waals surface area contributed by atoms with Crippen LogP contribution in [0.2, 0.25) is 5.02 Å². The number of hydrogen-bond donors (Lipinski definition) is 1. The molecule has 1 atom stereocenters. The number of nitrogens with zero attached hydrogens (tertiary/aromatic N) is 1. The van der Waals surface area contributed by atoms with Gasteiger partial charge in [0.2, 0.25) is 0 Å². The van der Waals surface area contributed by atoms with E-state index in [0.29, 0.717) is 6.04 Å². The van der Waals surface area contributed by atoms with Crippen LogP contribution in [-0.2, 0) is 13.0 Å². The lowest BCUT2D eigenvalue weighted by Gasteiger charge is -2.15. The topological polar surface area (TPSA) is 17.0 Å². The summed E-state index contributed by atoms with van der Waals surface area (Å²) in [5.74, 6) is 0. The molecule has 0 spiro atoms. The molecule has 2 nitrogen and oxygen atoms in total. The highest BCUT2D eigenvalue weighted by Gasteiger charge is 2.19. The Labute approximate surface area is 132 Å². The first-order valence-corrected chi connectivity index (χ1v) is 8.30. The summed E-state index contributed by atoms with van der Waals surface area (Å²) in [6.07, 6.45) is 9.77. The van der Waals surface area contributed by atoms with Gasteiger partial charge in [-0.25, -0.2) is 0 Å². The second-order valence-electron chi connectivity index (χ2n) is 5.89. The van der Waals surface area contributed by atoms with Gasteiger partial charge >= 0.3 is 0 Å². The predicted octanol–water partition coefficient (Wildman–Crippen LogP) is 4.57. The molecule has 1 N–H and O–H groups in total. The SMILES string of the molecule is CCNC1CCCCc2cn(Cc3ccc(Cl)cc3)cc21. The van der Waals surface area contributed by atoms with E-state index >= 15 is 0 Å². The van der Waals surface area contributed by atoms with Crippen LogP contribution in [0.5, 0.6) is 0 Å². The minimum Gasteiger partial charge on any atom is -0.349 e. The zero-order chi connectivity index (χ0) is 14.7. The van der Waals surface area contributed by atoms with E-state index < -0.39 is 0 Å². The van der Waals surface area contributed by atoms with Gasteiger partial charge in [-0.15, -0.1) is 0 Å². The average Bonchev–Trinajstić information content (AvgIpc) is 2.79. The molecule has 0 bridgehead atoms. The molecule has 3 heteroatoms. The number of halogens is 1. The first-order chi connectivity index (χ1) is 10.3. The molecule has 3 rings (SSSR count). The quantitative estimate of drug-likeness (QED) is 0.819. The molecule has 0 radical (unpaired) electrons. The van der Waals surface area contributed by atoms with Crippen molar-refractivity contribution in [3.05, 3.63) is 58.4 Å². The average molecular weight is 303 g/mol. The minimum atomic E-state index is 0.527. The van der Waals surface area contributed by atoms with E-state index in [0.717, 1.165) is 18.1 Å². The highest BCUT2D eigenvalue weighted by atomic mass is 35.5. The van der Waals surface area contributed by atoms with E-state index in [1.165, 1.54) is 42.4 Å². The number of aryl methyl sites for hydroxylation is 1. The summed E-state index contributed by atoms with van der Waals surface area (Å²) in [5, 5.41) is 4.43. The second kappa shape index (κ2) is 6.67. The fraction of sp³-hybridized carbons (Fsp3) is 0.444. The fourth-order valence-electron chi connectivity index (χ4n) is 3.27. The van der Waals surface area contributed by atoms with Crippen LogP contribution >= 0.6 is 11.6 Å². The van der Waals surface area contributed by atoms with Gasteiger partial charge < -0.3 is 9.88 Å². The lowest BCUT2D eigenvalue weighted by molar-refractivity contribution is 0.502. The Kier molecular flexibility index (Phi) is 4.67. The summed E-state index contributed by atoms with van der Waals surface area (Å²) in [6.45, 7) is 4.14. The zero-order valence-corrected chi connectivity index (χ0v) is 13.4. The standard InChI is InChI=1S/C18H23ClN2/c1-2-20-18-6-4-3-5-15-12-21(13-17(15)18)11-14-7-9-16(19)10-8-14/h7-10,12-13,18,20H,2-6,11H2,1H3. The van der Waals surface area contributed by atoms with Crippen LogP contribution in [0.4, 0.5) is 0 Å². The molecule has 112 valence electrons. The molecular formula is C18H23ClN2. The first-order valence-electron chi connectivity index (χ1n) is 7.92. The maximum absolute atomic E-state index is 5.95. The van der Waals surface area contributed by atoms with Gasteiger partial charge in [-0.05, 0) is 54.6 Å². The van der Waals surface area contributed by atoms with E-state index in [2.05, 4.69) is 41.3 Å². The summed E-state index contributed by atoms with van der Waals surface area (Å²) in [7, 11) is 0. The summed E-state index contributed by atoms with van der Waals surface area (Å²) < 4.78 is 2.32. The molecule has 1 aliphatic rings. The highest BCUT2D eigenvalue weighted by Crippen LogP contribution is 2.29. The van der Waals surface area contributed by atoms with E-state index in [4.69, 9.17) is 11.6 Å². The lowest BCUT2D eigenvalue weighted by atomic mass is 10.0. The molecular weight excluding hydrogens is 280 g/mol. The molecule has 0 saturated heterocycles. The van der Waals surface area contributed by atoms with E-state index in [1.807, 2.05) is 12.1 Å². The maximum atomic E-state index is 5.95. The largest absolute Gasteiger partial charge is 0.349 e. The molecule has 1 aromatic heterocycles. The second-order valence-corrected chi connectivity index (χ2v) is 6.33. The van der Waals surface area contributed by atoms with Crippen LogP contribution < -0.4 is 5.32 Å². The van der Waals surface area contributed by atoms with Gasteiger partial charge in [-0.1, -0.05) is 37.1 Å². The van der Waals surface area contributed by atoms with Crippen molar-refractivity contribution in [3.63, 3.8) is 0 Å². The van der Waals surface area contributed by atoms with Gasteiger partial charge in [0.05, 0.1) is 0 Å². The Morgan fingerprint density at radius 3 is 2.76 bits per heavy atom. The van der Waals surface area contributed by atoms with Gasteiger partial charge in [0.15, 0.2) is 0 Å². The van der Waals surface area contributed by atoms with Crippen molar-refractivity contribution < 1.29 is 0 Å². The smallest absolute Gasteiger partial charge is 0.0470 e. The summed E-state index contributed by atoms with van der Waals surface area (Å²) in [4.78, 5) is 0. The van der Waals surface area contributed by atoms with Crippen molar-refractivity contribution in [2.24, 2.45) is 0 Å². The minimum absolute atomic E-state index is 0.527. The van der Waals surface area contributed by atoms with Crippen LogP contribution in [0, 0.1) is 0 Å². The molecule has 0 aliphatic heterocycles. The first kappa shape index (κ1) is 14.7. The van der Waals surface area contributed by atoms with Gasteiger partial charge in [-0.3, -0.25) is 0 Å². The Morgan fingerprint density at radius 2 is 2.00 bits per heavy atom. The molecule has 1 aromatic carbocycles. The zero-order valence-electron chi connectivity index (χ0n) is 12.6. The molecule has 0 fully saturated rings. The van der Waals surface area contributed by atoms with Crippen molar-refractivity contribution in [2.75, 3.05) is 6.54 Å². The van der Waals surface area contributed by atoms with Crippen LogP contribution in [0.25, 0.3) is 0 Å². The molecule has 2 aromatic rings. The Balaban J connectivity index is 1.81. The van der Waals surface area contributed by atoms with Crippen molar-refractivity contribution in [1.82, 2.24) is 9.88 Å². The van der Waals surface area contributed by atoms with Crippen molar-refractivity contribution in [1.29, 1.82) is 0 Å². The number of benzene rings is 1. The third kappa shape index (κ3) is 3.50. The number of hydrogen-bond acceptors (Lipinski definition) is 1. The summed E-state index contributed by atoms with van der Waals surface area (Å²) >= 11 is 5.95. The predicted molar refractivity (Wildman–Crippen MR) is 89.0 cm³/mol. The summed E-state index contributed by atoms with van der Waals surface area (Å²) in [6, 6.07) is 8.67. The van der Waals surface area contributed by atoms with Crippen LogP contribution in [-0.4, -0.2) is 11.1 Å². The monoisotopic (exact) mass is 302 g/mol. The number of rotatable bonds is 4. The van der Waals surface area contributed by atoms with Gasteiger partial charge in [0, 0.05) is 30.0 Å². The van der Waals surface area contributed by atoms with E-state index in [1.54, 1.807) is 0 Å². The van der Waals surface area contributed by atoms with Crippen molar-refractivity contribution in [2.45, 2.75) is 45.2 Å². The normalized spacial score (nSPS) is 18.3. The molecule has 0 saturated carbocycles. The van der Waals surface area contributed by atoms with Crippen LogP contribution in [0.1, 0.15) is 48.9 Å². The van der Waals surface area contributed by atoms with Gasteiger partial charge in [0.25, 0.3) is 0 Å². The molecule has 21 heavy (non-hydrogen) atoms. The van der Waals surface area contributed by atoms with Gasteiger partial charge in [-0.2, -0.15) is 0 Å². The Bertz CT molecular complexity index is 586. The maximum Gasteiger partial charge on any atom is 0.0470 e. The molecule has 1 unspecified atom stereocenters. The number of fused-ring (bicyclic) bond motifs is 1. The molecule has 1 heterocycles. The number of aromatic nitrogens is 1. The molecule has 0 amide bonds. The summed E-state index contributed by atoms with van der Waals surface area (Å²) in [5.41, 5.74) is 4.32. The third-order valence-electron chi connectivity index (χ3n) is 4.29. The fourth-order valence-corrected chi connectivity index (χ4v) is 3.39.